The highest BCUT2D eigenvalue weighted by molar-refractivity contribution is 6.06. The fourth-order valence-corrected chi connectivity index (χ4v) is 8.97. The van der Waals surface area contributed by atoms with Crippen molar-refractivity contribution in [3.05, 3.63) is 22.3 Å². The number of carbonyl (C=O) groups excluding carboxylic acids is 4. The highest BCUT2D eigenvalue weighted by atomic mass is 16.5. The van der Waals surface area contributed by atoms with Crippen molar-refractivity contribution in [2.24, 2.45) is 59.2 Å². The molecule has 4 bridgehead atoms. The number of fused-ring (bicyclic) bond motifs is 3. The van der Waals surface area contributed by atoms with Gasteiger partial charge in [-0.1, -0.05) is 0 Å². The van der Waals surface area contributed by atoms with Crippen LogP contribution < -0.4 is 0 Å². The van der Waals surface area contributed by atoms with Gasteiger partial charge in [0.15, 0.2) is 0 Å². The van der Waals surface area contributed by atoms with Crippen molar-refractivity contribution in [1.82, 2.24) is 0 Å². The van der Waals surface area contributed by atoms with E-state index >= 15 is 0 Å². The summed E-state index contributed by atoms with van der Waals surface area (Å²) in [5.41, 5.74) is 1.95. The van der Waals surface area contributed by atoms with Crippen LogP contribution in [0.3, 0.4) is 0 Å². The van der Waals surface area contributed by atoms with Crippen molar-refractivity contribution in [2.75, 3.05) is 28.4 Å². The molecule has 170 valence electrons. The quantitative estimate of drug-likeness (QED) is 0.474. The van der Waals surface area contributed by atoms with Crippen molar-refractivity contribution < 1.29 is 38.1 Å². The van der Waals surface area contributed by atoms with Crippen molar-refractivity contribution in [3.63, 3.8) is 0 Å². The smallest absolute Gasteiger partial charge is 0.334 e. The van der Waals surface area contributed by atoms with E-state index in [0.29, 0.717) is 46.0 Å². The fraction of sp³-hybridized carbons (Fsp3) is 0.667. The molecule has 6 rings (SSSR count). The van der Waals surface area contributed by atoms with Crippen molar-refractivity contribution in [1.29, 1.82) is 0 Å². The summed E-state index contributed by atoms with van der Waals surface area (Å²) < 4.78 is 20.0. The minimum atomic E-state index is -0.443. The van der Waals surface area contributed by atoms with Gasteiger partial charge in [-0.25, -0.2) is 19.2 Å². The van der Waals surface area contributed by atoms with Gasteiger partial charge in [-0.05, 0) is 48.3 Å². The average molecular weight is 442 g/mol. The van der Waals surface area contributed by atoms with Gasteiger partial charge in [-0.15, -0.1) is 0 Å². The second-order valence-electron chi connectivity index (χ2n) is 10.0. The van der Waals surface area contributed by atoms with Crippen molar-refractivity contribution in [3.8, 4) is 0 Å². The van der Waals surface area contributed by atoms with E-state index in [-0.39, 0.29) is 35.5 Å². The van der Waals surface area contributed by atoms with Crippen molar-refractivity contribution in [2.45, 2.75) is 12.8 Å². The Morgan fingerprint density at radius 1 is 0.500 bits per heavy atom. The molecule has 0 radical (unpaired) electrons. The van der Waals surface area contributed by atoms with E-state index < -0.39 is 23.9 Å². The first kappa shape index (κ1) is 20.0. The maximum Gasteiger partial charge on any atom is 0.334 e. The molecule has 0 aromatic heterocycles. The van der Waals surface area contributed by atoms with E-state index in [2.05, 4.69) is 0 Å². The summed E-state index contributed by atoms with van der Waals surface area (Å²) in [6.45, 7) is 0. The largest absolute Gasteiger partial charge is 0.466 e. The zero-order chi connectivity index (χ0) is 22.6. The molecule has 6 aliphatic rings. The Kier molecular flexibility index (Phi) is 4.03. The summed E-state index contributed by atoms with van der Waals surface area (Å²) in [6, 6.07) is 0. The first-order valence-corrected chi connectivity index (χ1v) is 11.2. The molecule has 6 aliphatic carbocycles. The lowest BCUT2D eigenvalue weighted by atomic mass is 9.41. The molecular formula is C24H26O8. The van der Waals surface area contributed by atoms with E-state index in [1.165, 1.54) is 28.4 Å². The van der Waals surface area contributed by atoms with Crippen LogP contribution in [0.1, 0.15) is 12.8 Å². The molecule has 0 spiro atoms. The second-order valence-corrected chi connectivity index (χ2v) is 10.0. The first-order valence-electron chi connectivity index (χ1n) is 11.2. The third-order valence-corrected chi connectivity index (χ3v) is 9.68. The molecule has 0 N–H and O–H groups in total. The maximum atomic E-state index is 12.6. The Bertz CT molecular complexity index is 955. The molecule has 4 saturated carbocycles. The number of rotatable bonds is 4. The van der Waals surface area contributed by atoms with Crippen LogP contribution in [0.2, 0.25) is 0 Å². The maximum absolute atomic E-state index is 12.6. The molecule has 0 aliphatic heterocycles. The Labute approximate surface area is 185 Å². The van der Waals surface area contributed by atoms with Crippen LogP contribution in [-0.4, -0.2) is 52.3 Å². The van der Waals surface area contributed by atoms with E-state index in [0.717, 1.165) is 12.8 Å². The zero-order valence-corrected chi connectivity index (χ0v) is 18.5. The average Bonchev–Trinajstić information content (AvgIpc) is 3.19. The highest BCUT2D eigenvalue weighted by Gasteiger charge is 2.77. The third-order valence-electron chi connectivity index (χ3n) is 9.68. The number of hydrogen-bond acceptors (Lipinski definition) is 8. The van der Waals surface area contributed by atoms with E-state index in [4.69, 9.17) is 18.9 Å². The predicted molar refractivity (Wildman–Crippen MR) is 106 cm³/mol. The van der Waals surface area contributed by atoms with Crippen LogP contribution in [0.25, 0.3) is 0 Å². The lowest BCUT2D eigenvalue weighted by Gasteiger charge is -2.61. The molecule has 8 nitrogen and oxygen atoms in total. The van der Waals surface area contributed by atoms with E-state index in [9.17, 15) is 19.2 Å². The van der Waals surface area contributed by atoms with Gasteiger partial charge in [0.05, 0.1) is 50.7 Å². The Balaban J connectivity index is 1.38. The van der Waals surface area contributed by atoms with Crippen LogP contribution >= 0.6 is 0 Å². The fourth-order valence-electron chi connectivity index (χ4n) is 8.97. The van der Waals surface area contributed by atoms with Crippen LogP contribution in [0, 0.1) is 59.2 Å². The number of ether oxygens (including phenoxy) is 4. The number of hydrogen-bond donors (Lipinski definition) is 0. The lowest BCUT2D eigenvalue weighted by molar-refractivity contribution is -0.151. The van der Waals surface area contributed by atoms with Gasteiger partial charge in [0.25, 0.3) is 0 Å². The minimum Gasteiger partial charge on any atom is -0.466 e. The summed E-state index contributed by atoms with van der Waals surface area (Å²) in [6.07, 6.45) is 1.97. The summed E-state index contributed by atoms with van der Waals surface area (Å²) >= 11 is 0. The normalized spacial score (nSPS) is 43.6. The van der Waals surface area contributed by atoms with Crippen LogP contribution in [0.15, 0.2) is 22.3 Å². The first-order chi connectivity index (χ1) is 15.4. The number of methoxy groups -OCH3 is 4. The molecule has 10 unspecified atom stereocenters. The van der Waals surface area contributed by atoms with Crippen molar-refractivity contribution >= 4 is 23.9 Å². The molecule has 0 heterocycles. The van der Waals surface area contributed by atoms with Gasteiger partial charge in [0.1, 0.15) is 0 Å². The summed E-state index contributed by atoms with van der Waals surface area (Å²) in [4.78, 5) is 50.2. The Hall–Kier alpha value is -2.64. The predicted octanol–water partition coefficient (Wildman–Crippen LogP) is 1.30. The van der Waals surface area contributed by atoms with Gasteiger partial charge in [0.2, 0.25) is 0 Å². The molecule has 0 saturated heterocycles. The number of esters is 4. The Morgan fingerprint density at radius 2 is 0.781 bits per heavy atom. The third kappa shape index (κ3) is 2.01. The summed E-state index contributed by atoms with van der Waals surface area (Å²) in [5.74, 6) is 0.211. The molecule has 0 aromatic rings. The molecule has 0 aromatic carbocycles. The molecule has 32 heavy (non-hydrogen) atoms. The molecular weight excluding hydrogens is 416 g/mol. The summed E-state index contributed by atoms with van der Waals surface area (Å²) in [7, 11) is 5.35. The van der Waals surface area contributed by atoms with Crippen LogP contribution in [-0.2, 0) is 38.1 Å². The number of carbonyl (C=O) groups is 4. The van der Waals surface area contributed by atoms with Crippen LogP contribution in [0.5, 0.6) is 0 Å². The van der Waals surface area contributed by atoms with Crippen LogP contribution in [0.4, 0.5) is 0 Å². The molecule has 10 atom stereocenters. The van der Waals surface area contributed by atoms with E-state index in [1.807, 2.05) is 0 Å². The van der Waals surface area contributed by atoms with Gasteiger partial charge >= 0.3 is 23.9 Å². The molecule has 8 heteroatoms. The van der Waals surface area contributed by atoms with Gasteiger partial charge < -0.3 is 18.9 Å². The standard InChI is InChI=1S/C24H26O8/c1-29-21(25)17-13-9-6-10(14(13)18(17)22(26)30-2)8-5-7(9)11-12(8)16-15(11)19(23(27)31-3)20(16)24(28)32-4/h7-16H,5-6H2,1-4H3. The SMILES string of the molecule is COC(=O)C1=C(C(=O)OC)C2C3CC(C4CC3C3C5C(C(=O)OC)=C(C(=O)OC)C5C43)C12. The molecule has 0 amide bonds. The highest BCUT2D eigenvalue weighted by Crippen LogP contribution is 2.79. The van der Waals surface area contributed by atoms with E-state index in [1.54, 1.807) is 0 Å². The minimum absolute atomic E-state index is 0.0160. The van der Waals surface area contributed by atoms with Gasteiger partial charge in [0, 0.05) is 23.7 Å². The lowest BCUT2D eigenvalue weighted by Crippen LogP contribution is -2.60. The van der Waals surface area contributed by atoms with Gasteiger partial charge in [-0.2, -0.15) is 0 Å². The Morgan fingerprint density at radius 3 is 1.09 bits per heavy atom. The second kappa shape index (κ2) is 6.45. The topological polar surface area (TPSA) is 105 Å². The zero-order valence-electron chi connectivity index (χ0n) is 18.5. The molecule has 4 fully saturated rings. The summed E-state index contributed by atoms with van der Waals surface area (Å²) in [5, 5.41) is 0. The van der Waals surface area contributed by atoms with Gasteiger partial charge in [-0.3, -0.25) is 0 Å². The monoisotopic (exact) mass is 442 g/mol.